The van der Waals surface area contributed by atoms with Crippen LogP contribution in [-0.2, 0) is 16.1 Å². The topological polar surface area (TPSA) is 61.9 Å². The number of ether oxygens (including phenoxy) is 1. The van der Waals surface area contributed by atoms with Crippen molar-refractivity contribution in [2.24, 2.45) is 5.92 Å². The van der Waals surface area contributed by atoms with Crippen LogP contribution in [0.1, 0.15) is 24.8 Å². The Hall–Kier alpha value is -2.15. The molecule has 2 aliphatic rings. The normalized spacial score (nSPS) is 18.7. The molecule has 0 unspecified atom stereocenters. The van der Waals surface area contributed by atoms with E-state index in [4.69, 9.17) is 4.74 Å². The lowest BCUT2D eigenvalue weighted by molar-refractivity contribution is -0.136. The van der Waals surface area contributed by atoms with Crippen LogP contribution in [0.3, 0.4) is 0 Å². The summed E-state index contributed by atoms with van der Waals surface area (Å²) in [6, 6.07) is 6.00. The molecular weight excluding hydrogens is 337 g/mol. The minimum absolute atomic E-state index is 0.104. The fourth-order valence-corrected chi connectivity index (χ4v) is 3.42. The Labute approximate surface area is 153 Å². The second-order valence-electron chi connectivity index (χ2n) is 6.91. The SMILES string of the molecule is O=C(CC1CCN(C(=O)NCc2ccc(F)cc2)CC1)N1CCOCC1. The average Bonchev–Trinajstić information content (AvgIpc) is 2.68. The predicted molar refractivity (Wildman–Crippen MR) is 94.9 cm³/mol. The maximum absolute atomic E-state index is 12.9. The Kier molecular flexibility index (Phi) is 6.44. The number of amides is 3. The lowest BCUT2D eigenvalue weighted by Gasteiger charge is -2.33. The highest BCUT2D eigenvalue weighted by molar-refractivity contribution is 5.77. The number of urea groups is 1. The summed E-state index contributed by atoms with van der Waals surface area (Å²) >= 11 is 0. The monoisotopic (exact) mass is 363 g/mol. The number of hydrogen-bond donors (Lipinski definition) is 1. The van der Waals surface area contributed by atoms with Gasteiger partial charge in [-0.05, 0) is 36.5 Å². The zero-order valence-electron chi connectivity index (χ0n) is 15.0. The Morgan fingerprint density at radius 3 is 2.35 bits per heavy atom. The highest BCUT2D eigenvalue weighted by Crippen LogP contribution is 2.22. The van der Waals surface area contributed by atoms with E-state index < -0.39 is 0 Å². The number of rotatable bonds is 4. The highest BCUT2D eigenvalue weighted by atomic mass is 19.1. The predicted octanol–water partition coefficient (Wildman–Crippen LogP) is 2.00. The Bertz CT molecular complexity index is 609. The van der Waals surface area contributed by atoms with Crippen molar-refractivity contribution in [3.8, 4) is 0 Å². The van der Waals surface area contributed by atoms with Crippen LogP contribution in [-0.4, -0.2) is 61.1 Å². The number of hydrogen-bond acceptors (Lipinski definition) is 3. The van der Waals surface area contributed by atoms with Crippen LogP contribution in [0.15, 0.2) is 24.3 Å². The molecule has 7 heteroatoms. The van der Waals surface area contributed by atoms with Gasteiger partial charge in [-0.1, -0.05) is 12.1 Å². The number of carbonyl (C=O) groups excluding carboxylic acids is 2. The van der Waals surface area contributed by atoms with Crippen LogP contribution in [0, 0.1) is 11.7 Å². The van der Waals surface area contributed by atoms with Gasteiger partial charge in [-0.25, -0.2) is 9.18 Å². The third-order valence-electron chi connectivity index (χ3n) is 5.09. The zero-order chi connectivity index (χ0) is 18.4. The molecule has 0 radical (unpaired) electrons. The number of likely N-dealkylation sites (tertiary alicyclic amines) is 1. The molecule has 0 aromatic heterocycles. The van der Waals surface area contributed by atoms with Gasteiger partial charge in [0.15, 0.2) is 0 Å². The summed E-state index contributed by atoms with van der Waals surface area (Å²) in [7, 11) is 0. The smallest absolute Gasteiger partial charge is 0.317 e. The number of benzene rings is 1. The first-order chi connectivity index (χ1) is 12.6. The Balaban J connectivity index is 1.38. The number of nitrogens with zero attached hydrogens (tertiary/aromatic N) is 2. The van der Waals surface area contributed by atoms with Gasteiger partial charge in [0.25, 0.3) is 0 Å². The Morgan fingerprint density at radius 1 is 1.04 bits per heavy atom. The molecule has 6 nitrogen and oxygen atoms in total. The molecule has 3 rings (SSSR count). The number of carbonyl (C=O) groups is 2. The van der Waals surface area contributed by atoms with Crippen LogP contribution >= 0.6 is 0 Å². The van der Waals surface area contributed by atoms with E-state index in [1.165, 1.54) is 12.1 Å². The molecule has 142 valence electrons. The van der Waals surface area contributed by atoms with Gasteiger partial charge in [-0.3, -0.25) is 4.79 Å². The van der Waals surface area contributed by atoms with Gasteiger partial charge in [0, 0.05) is 39.1 Å². The van der Waals surface area contributed by atoms with Crippen LogP contribution in [0.4, 0.5) is 9.18 Å². The van der Waals surface area contributed by atoms with Crippen molar-refractivity contribution in [2.75, 3.05) is 39.4 Å². The van der Waals surface area contributed by atoms with Crippen molar-refractivity contribution in [3.63, 3.8) is 0 Å². The number of piperidine rings is 1. The molecule has 1 aromatic rings. The molecule has 2 aliphatic heterocycles. The summed E-state index contributed by atoms with van der Waals surface area (Å²) in [5.74, 6) is 0.257. The van der Waals surface area contributed by atoms with Gasteiger partial charge in [0.2, 0.25) is 5.91 Å². The second kappa shape index (κ2) is 8.98. The van der Waals surface area contributed by atoms with Gasteiger partial charge in [0.05, 0.1) is 13.2 Å². The molecular formula is C19H26FN3O3. The van der Waals surface area contributed by atoms with Crippen LogP contribution in [0.25, 0.3) is 0 Å². The first-order valence-electron chi connectivity index (χ1n) is 9.24. The lowest BCUT2D eigenvalue weighted by Crippen LogP contribution is -2.45. The van der Waals surface area contributed by atoms with Crippen LogP contribution in [0.5, 0.6) is 0 Å². The first kappa shape index (κ1) is 18.6. The highest BCUT2D eigenvalue weighted by Gasteiger charge is 2.26. The van der Waals surface area contributed by atoms with Crippen molar-refractivity contribution in [2.45, 2.75) is 25.8 Å². The molecule has 1 aromatic carbocycles. The average molecular weight is 363 g/mol. The van der Waals surface area contributed by atoms with E-state index in [1.807, 2.05) is 4.90 Å². The minimum atomic E-state index is -0.284. The summed E-state index contributed by atoms with van der Waals surface area (Å²) in [4.78, 5) is 28.3. The molecule has 2 saturated heterocycles. The van der Waals surface area contributed by atoms with E-state index in [2.05, 4.69) is 5.32 Å². The van der Waals surface area contributed by atoms with Crippen LogP contribution < -0.4 is 5.32 Å². The quantitative estimate of drug-likeness (QED) is 0.890. The van der Waals surface area contributed by atoms with Gasteiger partial charge < -0.3 is 19.9 Å². The summed E-state index contributed by atoms with van der Waals surface area (Å²) in [6.45, 7) is 4.32. The van der Waals surface area contributed by atoms with Gasteiger partial charge in [-0.15, -0.1) is 0 Å². The maximum Gasteiger partial charge on any atom is 0.317 e. The molecule has 1 N–H and O–H groups in total. The van der Waals surface area contributed by atoms with E-state index in [1.54, 1.807) is 17.0 Å². The summed E-state index contributed by atoms with van der Waals surface area (Å²) in [6.07, 6.45) is 2.26. The van der Waals surface area contributed by atoms with Gasteiger partial charge in [0.1, 0.15) is 5.82 Å². The number of halogens is 1. The molecule has 0 spiro atoms. The third kappa shape index (κ3) is 5.17. The molecule has 26 heavy (non-hydrogen) atoms. The second-order valence-corrected chi connectivity index (χ2v) is 6.91. The van der Waals surface area contributed by atoms with Gasteiger partial charge in [-0.2, -0.15) is 0 Å². The summed E-state index contributed by atoms with van der Waals surface area (Å²) in [5.41, 5.74) is 0.866. The summed E-state index contributed by atoms with van der Waals surface area (Å²) < 4.78 is 18.2. The van der Waals surface area contributed by atoms with Crippen LogP contribution in [0.2, 0.25) is 0 Å². The van der Waals surface area contributed by atoms with E-state index >= 15 is 0 Å². The standard InChI is InChI=1S/C19H26FN3O3/c20-17-3-1-16(2-4-17)14-21-19(25)23-7-5-15(6-8-23)13-18(24)22-9-11-26-12-10-22/h1-4,15H,5-14H2,(H,21,25). The van der Waals surface area contributed by atoms with Crippen molar-refractivity contribution >= 4 is 11.9 Å². The molecule has 0 atom stereocenters. The molecule has 2 fully saturated rings. The zero-order valence-corrected chi connectivity index (χ0v) is 15.0. The largest absolute Gasteiger partial charge is 0.378 e. The van der Waals surface area contributed by atoms with Crippen molar-refractivity contribution in [3.05, 3.63) is 35.6 Å². The summed E-state index contributed by atoms with van der Waals surface area (Å²) in [5, 5.41) is 2.87. The first-order valence-corrected chi connectivity index (χ1v) is 9.24. The molecule has 0 saturated carbocycles. The third-order valence-corrected chi connectivity index (χ3v) is 5.09. The van der Waals surface area contributed by atoms with Gasteiger partial charge >= 0.3 is 6.03 Å². The lowest BCUT2D eigenvalue weighted by atomic mass is 9.93. The molecule has 2 heterocycles. The molecule has 3 amide bonds. The fraction of sp³-hybridized carbons (Fsp3) is 0.579. The Morgan fingerprint density at radius 2 is 1.69 bits per heavy atom. The number of morpholine rings is 1. The fourth-order valence-electron chi connectivity index (χ4n) is 3.42. The van der Waals surface area contributed by atoms with E-state index in [9.17, 15) is 14.0 Å². The van der Waals surface area contributed by atoms with E-state index in [0.29, 0.717) is 58.3 Å². The minimum Gasteiger partial charge on any atom is -0.378 e. The van der Waals surface area contributed by atoms with E-state index in [0.717, 1.165) is 18.4 Å². The maximum atomic E-state index is 12.9. The van der Waals surface area contributed by atoms with Crippen molar-refractivity contribution < 1.29 is 18.7 Å². The molecule has 0 bridgehead atoms. The van der Waals surface area contributed by atoms with Crippen molar-refractivity contribution in [1.29, 1.82) is 0 Å². The number of nitrogens with one attached hydrogen (secondary N) is 1. The van der Waals surface area contributed by atoms with E-state index in [-0.39, 0.29) is 17.8 Å². The molecule has 0 aliphatic carbocycles. The van der Waals surface area contributed by atoms with Crippen molar-refractivity contribution in [1.82, 2.24) is 15.1 Å².